The van der Waals surface area contributed by atoms with Gasteiger partial charge in [0.2, 0.25) is 5.13 Å². The van der Waals surface area contributed by atoms with Crippen molar-refractivity contribution in [2.24, 2.45) is 0 Å². The zero-order chi connectivity index (χ0) is 16.5. The first-order chi connectivity index (χ1) is 11.7. The van der Waals surface area contributed by atoms with Crippen molar-refractivity contribution in [2.75, 3.05) is 29.9 Å². The molecule has 1 aliphatic heterocycles. The van der Waals surface area contributed by atoms with Crippen molar-refractivity contribution in [1.29, 1.82) is 0 Å². The molecule has 0 atom stereocenters. The number of hydrogen-bond donors (Lipinski definition) is 0. The van der Waals surface area contributed by atoms with Gasteiger partial charge in [-0.25, -0.2) is 15.0 Å². The van der Waals surface area contributed by atoms with Gasteiger partial charge in [-0.15, -0.1) is 0 Å². The monoisotopic (exact) mass is 344 g/mol. The highest BCUT2D eigenvalue weighted by molar-refractivity contribution is 7.09. The average molecular weight is 344 g/mol. The quantitative estimate of drug-likeness (QED) is 0.850. The smallest absolute Gasteiger partial charge is 0.205 e. The van der Waals surface area contributed by atoms with Crippen LogP contribution < -0.4 is 9.80 Å². The van der Waals surface area contributed by atoms with Gasteiger partial charge in [-0.05, 0) is 32.6 Å². The Balaban J connectivity index is 1.37. The standard InChI is InChI=1S/C17H24N6S/c1-12-10-15(19-11-18-12)22(2)14-6-8-23(9-7-14)17-20-16(21-24-17)13-4-3-5-13/h10-11,13-14H,3-9H2,1-2H3. The first-order valence-electron chi connectivity index (χ1n) is 8.81. The van der Waals surface area contributed by atoms with Gasteiger partial charge in [-0.2, -0.15) is 4.37 Å². The fourth-order valence-electron chi connectivity index (χ4n) is 3.45. The van der Waals surface area contributed by atoms with Crippen LogP contribution in [0.4, 0.5) is 10.9 Å². The van der Waals surface area contributed by atoms with Crippen molar-refractivity contribution < 1.29 is 0 Å². The summed E-state index contributed by atoms with van der Waals surface area (Å²) in [5, 5.41) is 1.11. The minimum absolute atomic E-state index is 0.523. The normalized spacial score (nSPS) is 19.3. The van der Waals surface area contributed by atoms with Crippen LogP contribution >= 0.6 is 11.5 Å². The number of aromatic nitrogens is 4. The number of anilines is 2. The Morgan fingerprint density at radius 1 is 1.17 bits per heavy atom. The lowest BCUT2D eigenvalue weighted by Crippen LogP contribution is -2.43. The van der Waals surface area contributed by atoms with E-state index in [1.54, 1.807) is 17.9 Å². The summed E-state index contributed by atoms with van der Waals surface area (Å²) >= 11 is 1.57. The molecule has 1 saturated heterocycles. The summed E-state index contributed by atoms with van der Waals surface area (Å²) in [6, 6.07) is 2.58. The number of piperidine rings is 1. The molecule has 3 heterocycles. The van der Waals surface area contributed by atoms with Crippen LogP contribution in [0, 0.1) is 6.92 Å². The highest BCUT2D eigenvalue weighted by atomic mass is 32.1. The summed E-state index contributed by atoms with van der Waals surface area (Å²) in [5.74, 6) is 2.72. The van der Waals surface area contributed by atoms with Crippen molar-refractivity contribution in [1.82, 2.24) is 19.3 Å². The lowest BCUT2D eigenvalue weighted by atomic mass is 9.85. The lowest BCUT2D eigenvalue weighted by Gasteiger charge is -2.37. The summed E-state index contributed by atoms with van der Waals surface area (Å²) in [6.45, 7) is 4.09. The molecule has 0 aromatic carbocycles. The van der Waals surface area contributed by atoms with E-state index in [1.807, 2.05) is 6.92 Å². The molecule has 4 rings (SSSR count). The van der Waals surface area contributed by atoms with E-state index in [4.69, 9.17) is 4.98 Å². The molecule has 24 heavy (non-hydrogen) atoms. The fraction of sp³-hybridized carbons (Fsp3) is 0.647. The molecule has 0 unspecified atom stereocenters. The third kappa shape index (κ3) is 3.09. The van der Waals surface area contributed by atoms with Crippen LogP contribution in [-0.4, -0.2) is 45.5 Å². The number of nitrogens with zero attached hydrogens (tertiary/aromatic N) is 6. The molecule has 128 valence electrons. The predicted molar refractivity (Wildman–Crippen MR) is 96.9 cm³/mol. The van der Waals surface area contributed by atoms with E-state index in [0.717, 1.165) is 48.4 Å². The Morgan fingerprint density at radius 2 is 1.96 bits per heavy atom. The second kappa shape index (κ2) is 6.63. The fourth-order valence-corrected chi connectivity index (χ4v) is 4.25. The molecule has 2 aliphatic rings. The predicted octanol–water partition coefficient (Wildman–Crippen LogP) is 3.01. The van der Waals surface area contributed by atoms with Crippen LogP contribution in [0.1, 0.15) is 49.5 Å². The lowest BCUT2D eigenvalue weighted by molar-refractivity contribution is 0.404. The van der Waals surface area contributed by atoms with E-state index in [0.29, 0.717) is 12.0 Å². The Hall–Kier alpha value is -1.76. The molecule has 0 amide bonds. The second-order valence-corrected chi connectivity index (χ2v) is 7.64. The van der Waals surface area contributed by atoms with E-state index in [1.165, 1.54) is 19.3 Å². The minimum Gasteiger partial charge on any atom is -0.356 e. The van der Waals surface area contributed by atoms with Gasteiger partial charge in [-0.1, -0.05) is 6.42 Å². The van der Waals surface area contributed by atoms with Crippen molar-refractivity contribution in [3.63, 3.8) is 0 Å². The Labute approximate surface area is 147 Å². The van der Waals surface area contributed by atoms with Gasteiger partial charge in [0.15, 0.2) is 0 Å². The largest absolute Gasteiger partial charge is 0.356 e. The Kier molecular flexibility index (Phi) is 4.35. The Morgan fingerprint density at radius 3 is 2.62 bits per heavy atom. The molecule has 2 aromatic heterocycles. The Bertz CT molecular complexity index is 690. The molecule has 2 fully saturated rings. The van der Waals surface area contributed by atoms with Crippen molar-refractivity contribution in [3.05, 3.63) is 23.9 Å². The van der Waals surface area contributed by atoms with E-state index in [-0.39, 0.29) is 0 Å². The van der Waals surface area contributed by atoms with Crippen LogP contribution in [0.3, 0.4) is 0 Å². The van der Waals surface area contributed by atoms with Gasteiger partial charge in [0, 0.05) is 55.4 Å². The van der Waals surface area contributed by atoms with Gasteiger partial charge in [0.1, 0.15) is 18.0 Å². The molecule has 0 bridgehead atoms. The van der Waals surface area contributed by atoms with E-state index in [9.17, 15) is 0 Å². The molecule has 1 aliphatic carbocycles. The van der Waals surface area contributed by atoms with Gasteiger partial charge in [-0.3, -0.25) is 0 Å². The molecular formula is C17H24N6S. The van der Waals surface area contributed by atoms with Gasteiger partial charge in [0.25, 0.3) is 0 Å². The number of aryl methyl sites for hydroxylation is 1. The molecule has 6 nitrogen and oxygen atoms in total. The van der Waals surface area contributed by atoms with Crippen molar-refractivity contribution in [3.8, 4) is 0 Å². The summed E-state index contributed by atoms with van der Waals surface area (Å²) in [7, 11) is 2.14. The molecule has 1 saturated carbocycles. The highest BCUT2D eigenvalue weighted by Crippen LogP contribution is 2.36. The first kappa shape index (κ1) is 15.7. The maximum absolute atomic E-state index is 4.79. The maximum atomic E-state index is 4.79. The number of rotatable bonds is 4. The molecule has 7 heteroatoms. The van der Waals surface area contributed by atoms with E-state index >= 15 is 0 Å². The second-order valence-electron chi connectivity index (χ2n) is 6.91. The maximum Gasteiger partial charge on any atom is 0.205 e. The summed E-state index contributed by atoms with van der Waals surface area (Å²) in [6.07, 6.45) is 7.76. The molecule has 0 N–H and O–H groups in total. The molecular weight excluding hydrogens is 320 g/mol. The van der Waals surface area contributed by atoms with Gasteiger partial charge < -0.3 is 9.80 Å². The summed E-state index contributed by atoms with van der Waals surface area (Å²) in [5.41, 5.74) is 1.02. The zero-order valence-corrected chi connectivity index (χ0v) is 15.2. The minimum atomic E-state index is 0.523. The topological polar surface area (TPSA) is 58.0 Å². The van der Waals surface area contributed by atoms with E-state index in [2.05, 4.69) is 37.3 Å². The third-order valence-electron chi connectivity index (χ3n) is 5.33. The highest BCUT2D eigenvalue weighted by Gasteiger charge is 2.28. The summed E-state index contributed by atoms with van der Waals surface area (Å²) < 4.78 is 4.59. The molecule has 0 spiro atoms. The average Bonchev–Trinajstić information content (AvgIpc) is 3.02. The van der Waals surface area contributed by atoms with Crippen molar-refractivity contribution >= 4 is 22.5 Å². The van der Waals surface area contributed by atoms with Gasteiger partial charge >= 0.3 is 0 Å². The molecule has 2 aromatic rings. The van der Waals surface area contributed by atoms with Crippen LogP contribution in [0.2, 0.25) is 0 Å². The third-order valence-corrected chi connectivity index (χ3v) is 6.13. The van der Waals surface area contributed by atoms with Crippen LogP contribution in [0.25, 0.3) is 0 Å². The SMILES string of the molecule is Cc1cc(N(C)C2CCN(c3nc(C4CCC4)ns3)CC2)ncn1. The van der Waals surface area contributed by atoms with Crippen LogP contribution in [0.5, 0.6) is 0 Å². The number of hydrogen-bond acceptors (Lipinski definition) is 7. The first-order valence-corrected chi connectivity index (χ1v) is 9.58. The summed E-state index contributed by atoms with van der Waals surface area (Å²) in [4.78, 5) is 18.1. The zero-order valence-electron chi connectivity index (χ0n) is 14.4. The van der Waals surface area contributed by atoms with Gasteiger partial charge in [0.05, 0.1) is 0 Å². The van der Waals surface area contributed by atoms with E-state index < -0.39 is 0 Å². The van der Waals surface area contributed by atoms with Crippen molar-refractivity contribution in [2.45, 2.75) is 51.0 Å². The molecule has 0 radical (unpaired) electrons. The van der Waals surface area contributed by atoms with Crippen LogP contribution in [0.15, 0.2) is 12.4 Å². The van der Waals surface area contributed by atoms with Crippen LogP contribution in [-0.2, 0) is 0 Å².